The first-order chi connectivity index (χ1) is 8.15. The summed E-state index contributed by atoms with van der Waals surface area (Å²) in [6, 6.07) is 0. The molecule has 3 nitrogen and oxygen atoms in total. The predicted molar refractivity (Wildman–Crippen MR) is 73.1 cm³/mol. The van der Waals surface area contributed by atoms with E-state index in [2.05, 4.69) is 19.8 Å². The first-order valence-electron chi connectivity index (χ1n) is 6.61. The van der Waals surface area contributed by atoms with Gasteiger partial charge in [0.15, 0.2) is 0 Å². The number of hydrogen-bond acceptors (Lipinski definition) is 2. The van der Waals surface area contributed by atoms with E-state index < -0.39 is 5.60 Å². The number of piperidine rings is 1. The highest BCUT2D eigenvalue weighted by molar-refractivity contribution is 5.68. The second kappa shape index (κ2) is 5.22. The van der Waals surface area contributed by atoms with Gasteiger partial charge in [0.2, 0.25) is 0 Å². The molecule has 0 aromatic rings. The van der Waals surface area contributed by atoms with Gasteiger partial charge in [-0.3, -0.25) is 0 Å². The quantitative estimate of drug-likeness (QED) is 0.669. The van der Waals surface area contributed by atoms with Gasteiger partial charge in [-0.15, -0.1) is 12.3 Å². The van der Waals surface area contributed by atoms with Gasteiger partial charge in [-0.05, 0) is 53.4 Å². The van der Waals surface area contributed by atoms with Gasteiger partial charge in [0.05, 0.1) is 0 Å². The molecule has 1 saturated heterocycles. The summed E-state index contributed by atoms with van der Waals surface area (Å²) in [4.78, 5) is 13.7. The molecule has 0 saturated carbocycles. The van der Waals surface area contributed by atoms with E-state index in [1.807, 2.05) is 20.8 Å². The third kappa shape index (κ3) is 3.94. The van der Waals surface area contributed by atoms with Crippen molar-refractivity contribution in [2.24, 2.45) is 11.3 Å². The largest absolute Gasteiger partial charge is 0.444 e. The highest BCUT2D eigenvalue weighted by Crippen LogP contribution is 2.34. The summed E-state index contributed by atoms with van der Waals surface area (Å²) in [6.07, 6.45) is 7.26. The van der Waals surface area contributed by atoms with Gasteiger partial charge in [0.25, 0.3) is 0 Å². The van der Waals surface area contributed by atoms with Crippen molar-refractivity contribution in [1.29, 1.82) is 0 Å². The number of ether oxygens (including phenoxy) is 1. The van der Waals surface area contributed by atoms with E-state index in [1.165, 1.54) is 0 Å². The topological polar surface area (TPSA) is 29.5 Å². The van der Waals surface area contributed by atoms with Crippen molar-refractivity contribution >= 4 is 6.09 Å². The average Bonchev–Trinajstić information content (AvgIpc) is 2.27. The van der Waals surface area contributed by atoms with Crippen LogP contribution in [-0.4, -0.2) is 29.7 Å². The molecule has 0 radical (unpaired) electrons. The fourth-order valence-electron chi connectivity index (χ4n) is 2.23. The number of likely N-dealkylation sites (tertiary alicyclic amines) is 1. The Morgan fingerprint density at radius 1 is 1.22 bits per heavy atom. The summed E-state index contributed by atoms with van der Waals surface area (Å²) in [5, 5.41) is 0. The van der Waals surface area contributed by atoms with E-state index in [9.17, 15) is 4.79 Å². The molecule has 1 rings (SSSR count). The molecule has 1 aliphatic heterocycles. The number of hydrogen-bond donors (Lipinski definition) is 0. The number of nitrogens with zero attached hydrogens (tertiary/aromatic N) is 1. The lowest BCUT2D eigenvalue weighted by Crippen LogP contribution is -2.44. The SMILES string of the molecule is C#CC(C)(C)C1CCN(C(=O)OC(C)(C)C)CC1. The van der Waals surface area contributed by atoms with Gasteiger partial charge in [0.1, 0.15) is 5.60 Å². The van der Waals surface area contributed by atoms with E-state index >= 15 is 0 Å². The van der Waals surface area contributed by atoms with E-state index in [4.69, 9.17) is 11.2 Å². The molecule has 0 bridgehead atoms. The van der Waals surface area contributed by atoms with Gasteiger partial charge < -0.3 is 9.64 Å². The van der Waals surface area contributed by atoms with Crippen molar-refractivity contribution in [2.45, 2.75) is 53.1 Å². The van der Waals surface area contributed by atoms with Crippen LogP contribution >= 0.6 is 0 Å². The summed E-state index contributed by atoms with van der Waals surface area (Å²) in [7, 11) is 0. The molecule has 102 valence electrons. The molecule has 1 aliphatic rings. The molecule has 0 N–H and O–H groups in total. The van der Waals surface area contributed by atoms with Crippen LogP contribution in [0.25, 0.3) is 0 Å². The molecule has 1 heterocycles. The van der Waals surface area contributed by atoms with E-state index in [0.29, 0.717) is 5.92 Å². The summed E-state index contributed by atoms with van der Waals surface area (Å²) in [6.45, 7) is 11.3. The van der Waals surface area contributed by atoms with Gasteiger partial charge in [-0.1, -0.05) is 0 Å². The average molecular weight is 251 g/mol. The van der Waals surface area contributed by atoms with Crippen LogP contribution < -0.4 is 0 Å². The Labute approximate surface area is 111 Å². The number of terminal acetylenes is 1. The molecule has 0 aliphatic carbocycles. The van der Waals surface area contributed by atoms with Crippen molar-refractivity contribution in [3.05, 3.63) is 0 Å². The van der Waals surface area contributed by atoms with Crippen molar-refractivity contribution in [2.75, 3.05) is 13.1 Å². The van der Waals surface area contributed by atoms with Crippen LogP contribution in [0.1, 0.15) is 47.5 Å². The Kier molecular flexibility index (Phi) is 4.32. The second-order valence-electron chi connectivity index (χ2n) is 6.61. The Bertz CT molecular complexity index is 338. The lowest BCUT2D eigenvalue weighted by molar-refractivity contribution is 0.0146. The van der Waals surface area contributed by atoms with Crippen molar-refractivity contribution in [1.82, 2.24) is 4.90 Å². The fraction of sp³-hybridized carbons (Fsp3) is 0.800. The zero-order chi connectivity index (χ0) is 14.0. The molecule has 18 heavy (non-hydrogen) atoms. The molecule has 0 aromatic carbocycles. The minimum atomic E-state index is -0.425. The first kappa shape index (κ1) is 14.9. The van der Waals surface area contributed by atoms with E-state index in [0.717, 1.165) is 25.9 Å². The van der Waals surface area contributed by atoms with E-state index in [1.54, 1.807) is 4.90 Å². The number of carbonyl (C=O) groups excluding carboxylic acids is 1. The lowest BCUT2D eigenvalue weighted by Gasteiger charge is -2.38. The standard InChI is InChI=1S/C15H25NO2/c1-7-15(5,6)12-8-10-16(11-9-12)13(17)18-14(2,3)4/h1,12H,8-11H2,2-6H3. The zero-order valence-electron chi connectivity index (χ0n) is 12.2. The van der Waals surface area contributed by atoms with Gasteiger partial charge >= 0.3 is 6.09 Å². The smallest absolute Gasteiger partial charge is 0.410 e. The number of rotatable bonds is 1. The number of amides is 1. The molecule has 3 heteroatoms. The lowest BCUT2D eigenvalue weighted by atomic mass is 9.74. The van der Waals surface area contributed by atoms with E-state index in [-0.39, 0.29) is 11.5 Å². The van der Waals surface area contributed by atoms with Crippen LogP contribution in [0.2, 0.25) is 0 Å². The third-order valence-electron chi connectivity index (χ3n) is 3.54. The van der Waals surface area contributed by atoms with Crippen molar-refractivity contribution < 1.29 is 9.53 Å². The maximum atomic E-state index is 11.9. The second-order valence-corrected chi connectivity index (χ2v) is 6.61. The van der Waals surface area contributed by atoms with Crippen molar-refractivity contribution in [3.8, 4) is 12.3 Å². The molecule has 0 atom stereocenters. The maximum Gasteiger partial charge on any atom is 0.410 e. The van der Waals surface area contributed by atoms with Crippen LogP contribution in [-0.2, 0) is 4.74 Å². The Hall–Kier alpha value is -1.17. The normalized spacial score (nSPS) is 18.3. The van der Waals surface area contributed by atoms with Crippen molar-refractivity contribution in [3.63, 3.8) is 0 Å². The monoisotopic (exact) mass is 251 g/mol. The Balaban J connectivity index is 2.50. The van der Waals surface area contributed by atoms with Crippen LogP contribution in [0.5, 0.6) is 0 Å². The predicted octanol–water partition coefficient (Wildman–Crippen LogP) is 3.29. The fourth-order valence-corrected chi connectivity index (χ4v) is 2.23. The molecule has 0 unspecified atom stereocenters. The maximum absolute atomic E-state index is 11.9. The van der Waals surface area contributed by atoms with Gasteiger partial charge in [-0.2, -0.15) is 0 Å². The van der Waals surface area contributed by atoms with Crippen LogP contribution in [0.3, 0.4) is 0 Å². The Morgan fingerprint density at radius 2 is 1.72 bits per heavy atom. The van der Waals surface area contributed by atoms with Gasteiger partial charge in [-0.25, -0.2) is 4.79 Å². The minimum Gasteiger partial charge on any atom is -0.444 e. The summed E-state index contributed by atoms with van der Waals surface area (Å²) >= 11 is 0. The molecule has 1 fully saturated rings. The van der Waals surface area contributed by atoms with Crippen LogP contribution in [0, 0.1) is 23.7 Å². The third-order valence-corrected chi connectivity index (χ3v) is 3.54. The first-order valence-corrected chi connectivity index (χ1v) is 6.61. The summed E-state index contributed by atoms with van der Waals surface area (Å²) in [5.74, 6) is 3.35. The summed E-state index contributed by atoms with van der Waals surface area (Å²) < 4.78 is 5.37. The summed E-state index contributed by atoms with van der Waals surface area (Å²) in [5.41, 5.74) is -0.508. The molecule has 1 amide bonds. The van der Waals surface area contributed by atoms with Crippen LogP contribution in [0.4, 0.5) is 4.79 Å². The van der Waals surface area contributed by atoms with Crippen LogP contribution in [0.15, 0.2) is 0 Å². The number of carbonyl (C=O) groups is 1. The highest BCUT2D eigenvalue weighted by atomic mass is 16.6. The Morgan fingerprint density at radius 3 is 2.11 bits per heavy atom. The molecule has 0 aromatic heterocycles. The highest BCUT2D eigenvalue weighted by Gasteiger charge is 2.33. The molecular weight excluding hydrogens is 226 g/mol. The molecule has 0 spiro atoms. The van der Waals surface area contributed by atoms with Gasteiger partial charge in [0, 0.05) is 18.5 Å². The zero-order valence-corrected chi connectivity index (χ0v) is 12.2. The minimum absolute atomic E-state index is 0.0833. The molecular formula is C15H25NO2.